The van der Waals surface area contributed by atoms with Crippen LogP contribution in [0.5, 0.6) is 0 Å². The van der Waals surface area contributed by atoms with E-state index in [-0.39, 0.29) is 18.2 Å². The van der Waals surface area contributed by atoms with E-state index in [1.807, 2.05) is 0 Å². The first-order chi connectivity index (χ1) is 6.00. The van der Waals surface area contributed by atoms with Crippen LogP contribution in [-0.4, -0.2) is 23.8 Å². The lowest BCUT2D eigenvalue weighted by Gasteiger charge is -2.47. The van der Waals surface area contributed by atoms with Crippen LogP contribution in [0.3, 0.4) is 0 Å². The normalized spacial score (nSPS) is 41.9. The number of rotatable bonds is 1. The second-order valence-electron chi connectivity index (χ2n) is 4.10. The molecule has 3 rings (SSSR count). The van der Waals surface area contributed by atoms with Crippen molar-refractivity contribution in [1.29, 1.82) is 0 Å². The average molecular weight is 189 g/mol. The van der Waals surface area contributed by atoms with Gasteiger partial charge in [0.25, 0.3) is 5.92 Å². The standard InChI is InChI=1S/C9H13F2NO/c1-5(13)8-7-3-2-6(12-8)4-9(7,10)11/h6-8,12H,2-4H2,1H3/t6-,7-,8+/m0/s1. The van der Waals surface area contributed by atoms with Crippen molar-refractivity contribution >= 4 is 5.78 Å². The Bertz CT molecular complexity index is 242. The summed E-state index contributed by atoms with van der Waals surface area (Å²) in [5.74, 6) is -3.56. The van der Waals surface area contributed by atoms with E-state index in [4.69, 9.17) is 0 Å². The van der Waals surface area contributed by atoms with E-state index >= 15 is 0 Å². The SMILES string of the molecule is CC(=O)[C@H]1N[C@H]2CC[C@@H]1C(F)(F)C2. The van der Waals surface area contributed by atoms with E-state index in [0.717, 1.165) is 6.42 Å². The molecule has 0 aromatic heterocycles. The second-order valence-corrected chi connectivity index (χ2v) is 4.10. The first kappa shape index (κ1) is 9.06. The second kappa shape index (κ2) is 2.74. The summed E-state index contributed by atoms with van der Waals surface area (Å²) in [5.41, 5.74) is 0. The van der Waals surface area contributed by atoms with Gasteiger partial charge in [0.05, 0.1) is 6.04 Å². The summed E-state index contributed by atoms with van der Waals surface area (Å²) in [6.45, 7) is 1.38. The van der Waals surface area contributed by atoms with E-state index in [1.165, 1.54) is 6.92 Å². The first-order valence-corrected chi connectivity index (χ1v) is 4.65. The molecule has 13 heavy (non-hydrogen) atoms. The molecule has 0 aromatic carbocycles. The topological polar surface area (TPSA) is 29.1 Å². The van der Waals surface area contributed by atoms with Gasteiger partial charge in [0.15, 0.2) is 0 Å². The molecule has 1 saturated carbocycles. The van der Waals surface area contributed by atoms with Gasteiger partial charge in [0, 0.05) is 18.4 Å². The van der Waals surface area contributed by atoms with Crippen molar-refractivity contribution in [3.8, 4) is 0 Å². The van der Waals surface area contributed by atoms with Gasteiger partial charge in [-0.25, -0.2) is 8.78 Å². The molecule has 3 atom stereocenters. The summed E-state index contributed by atoms with van der Waals surface area (Å²) >= 11 is 0. The van der Waals surface area contributed by atoms with Crippen molar-refractivity contribution in [3.63, 3.8) is 0 Å². The fourth-order valence-corrected chi connectivity index (χ4v) is 2.50. The van der Waals surface area contributed by atoms with E-state index in [2.05, 4.69) is 5.32 Å². The molecule has 3 fully saturated rings. The van der Waals surface area contributed by atoms with Crippen molar-refractivity contribution in [3.05, 3.63) is 0 Å². The van der Waals surface area contributed by atoms with Gasteiger partial charge in [-0.3, -0.25) is 4.79 Å². The highest BCUT2D eigenvalue weighted by Crippen LogP contribution is 2.44. The molecular formula is C9H13F2NO. The van der Waals surface area contributed by atoms with Crippen LogP contribution in [0.25, 0.3) is 0 Å². The van der Waals surface area contributed by atoms with Crippen molar-refractivity contribution in [2.45, 2.75) is 44.2 Å². The summed E-state index contributed by atoms with van der Waals surface area (Å²) in [6, 6.07) is -0.767. The van der Waals surface area contributed by atoms with Gasteiger partial charge in [-0.05, 0) is 19.8 Å². The number of fused-ring (bicyclic) bond motifs is 3. The number of hydrogen-bond acceptors (Lipinski definition) is 2. The largest absolute Gasteiger partial charge is 0.304 e. The molecule has 0 unspecified atom stereocenters. The third kappa shape index (κ3) is 1.37. The molecule has 2 heterocycles. The van der Waals surface area contributed by atoms with Crippen molar-refractivity contribution in [2.24, 2.45) is 5.92 Å². The fourth-order valence-electron chi connectivity index (χ4n) is 2.50. The Balaban J connectivity index is 2.22. The van der Waals surface area contributed by atoms with Crippen LogP contribution in [0, 0.1) is 5.92 Å². The molecule has 2 saturated heterocycles. The lowest BCUT2D eigenvalue weighted by molar-refractivity contribution is -0.150. The van der Waals surface area contributed by atoms with Crippen LogP contribution in [0.1, 0.15) is 26.2 Å². The summed E-state index contributed by atoms with van der Waals surface area (Å²) in [6.07, 6.45) is 1.17. The molecule has 1 aliphatic carbocycles. The van der Waals surface area contributed by atoms with E-state index in [1.54, 1.807) is 0 Å². The predicted molar refractivity (Wildman–Crippen MR) is 43.7 cm³/mol. The third-order valence-electron chi connectivity index (χ3n) is 3.14. The van der Waals surface area contributed by atoms with E-state index in [9.17, 15) is 13.6 Å². The van der Waals surface area contributed by atoms with Crippen LogP contribution in [0.15, 0.2) is 0 Å². The zero-order chi connectivity index (χ0) is 9.64. The maximum atomic E-state index is 13.3. The fraction of sp³-hybridized carbons (Fsp3) is 0.889. The van der Waals surface area contributed by atoms with Crippen LogP contribution in [0.4, 0.5) is 8.78 Å². The van der Waals surface area contributed by atoms with Gasteiger partial charge in [-0.1, -0.05) is 0 Å². The number of hydrogen-bond donors (Lipinski definition) is 1. The number of alkyl halides is 2. The monoisotopic (exact) mass is 189 g/mol. The van der Waals surface area contributed by atoms with Crippen molar-refractivity contribution in [2.75, 3.05) is 0 Å². The average Bonchev–Trinajstić information content (AvgIpc) is 2.02. The Hall–Kier alpha value is -0.510. The third-order valence-corrected chi connectivity index (χ3v) is 3.14. The highest BCUT2D eigenvalue weighted by Gasteiger charge is 2.54. The predicted octanol–water partition coefficient (Wildman–Crippen LogP) is 1.35. The first-order valence-electron chi connectivity index (χ1n) is 4.65. The Morgan fingerprint density at radius 2 is 2.15 bits per heavy atom. The Morgan fingerprint density at radius 1 is 1.46 bits per heavy atom. The van der Waals surface area contributed by atoms with Crippen LogP contribution in [0.2, 0.25) is 0 Å². The lowest BCUT2D eigenvalue weighted by atomic mass is 9.72. The molecule has 3 aliphatic rings. The minimum Gasteiger partial charge on any atom is -0.304 e. The smallest absolute Gasteiger partial charge is 0.254 e. The Kier molecular flexibility index (Phi) is 1.91. The summed E-state index contributed by atoms with van der Waals surface area (Å²) in [7, 11) is 0. The molecule has 2 nitrogen and oxygen atoms in total. The van der Waals surface area contributed by atoms with Crippen LogP contribution < -0.4 is 5.32 Å². The Labute approximate surface area is 75.7 Å². The van der Waals surface area contributed by atoms with Gasteiger partial charge >= 0.3 is 0 Å². The number of piperidine rings is 2. The molecule has 0 aromatic rings. The minimum atomic E-state index is -2.63. The number of Topliss-reactive ketones (excluding diaryl/α,β-unsaturated/α-hetero) is 1. The molecule has 2 bridgehead atoms. The molecule has 0 amide bonds. The van der Waals surface area contributed by atoms with Gasteiger partial charge in [-0.15, -0.1) is 0 Å². The molecule has 74 valence electrons. The van der Waals surface area contributed by atoms with Crippen LogP contribution >= 0.6 is 0 Å². The number of carbonyl (C=O) groups is 1. The number of ketones is 1. The molecular weight excluding hydrogens is 176 g/mol. The van der Waals surface area contributed by atoms with Crippen molar-refractivity contribution in [1.82, 2.24) is 5.32 Å². The lowest BCUT2D eigenvalue weighted by Crippen LogP contribution is -2.63. The molecule has 1 N–H and O–H groups in total. The molecule has 0 spiro atoms. The molecule has 4 heteroatoms. The van der Waals surface area contributed by atoms with E-state index < -0.39 is 17.9 Å². The van der Waals surface area contributed by atoms with Gasteiger partial charge in [0.2, 0.25) is 0 Å². The maximum absolute atomic E-state index is 13.3. The zero-order valence-electron chi connectivity index (χ0n) is 7.52. The summed E-state index contributed by atoms with van der Waals surface area (Å²) in [5, 5.41) is 2.98. The van der Waals surface area contributed by atoms with Crippen LogP contribution in [-0.2, 0) is 4.79 Å². The number of carbonyl (C=O) groups excluding carboxylic acids is 1. The highest BCUT2D eigenvalue weighted by molar-refractivity contribution is 5.82. The van der Waals surface area contributed by atoms with Crippen molar-refractivity contribution < 1.29 is 13.6 Å². The van der Waals surface area contributed by atoms with Gasteiger partial charge < -0.3 is 5.32 Å². The van der Waals surface area contributed by atoms with E-state index in [0.29, 0.717) is 6.42 Å². The quantitative estimate of drug-likeness (QED) is 0.674. The molecule has 2 aliphatic heterocycles. The zero-order valence-corrected chi connectivity index (χ0v) is 7.52. The highest BCUT2D eigenvalue weighted by atomic mass is 19.3. The maximum Gasteiger partial charge on any atom is 0.254 e. The summed E-state index contributed by atoms with van der Waals surface area (Å²) in [4.78, 5) is 11.1. The minimum absolute atomic E-state index is 0.0958. The summed E-state index contributed by atoms with van der Waals surface area (Å²) < 4.78 is 26.6. The number of halogens is 2. The Morgan fingerprint density at radius 3 is 2.54 bits per heavy atom. The number of nitrogens with one attached hydrogen (secondary N) is 1. The van der Waals surface area contributed by atoms with Gasteiger partial charge in [0.1, 0.15) is 5.78 Å². The van der Waals surface area contributed by atoms with Gasteiger partial charge in [-0.2, -0.15) is 0 Å². The molecule has 0 radical (unpaired) electrons.